The van der Waals surface area contributed by atoms with Gasteiger partial charge in [-0.1, -0.05) is 47.0 Å². The summed E-state index contributed by atoms with van der Waals surface area (Å²) in [5, 5.41) is 0. The van der Waals surface area contributed by atoms with E-state index in [4.69, 9.17) is 4.74 Å². The third kappa shape index (κ3) is 5.10. The fourth-order valence-corrected chi connectivity index (χ4v) is 3.68. The van der Waals surface area contributed by atoms with Crippen LogP contribution in [0.15, 0.2) is 0 Å². The van der Waals surface area contributed by atoms with Crippen LogP contribution in [-0.4, -0.2) is 11.6 Å². The molecule has 0 saturated heterocycles. The molecule has 0 aromatic heterocycles. The molecule has 0 aromatic carbocycles. The van der Waals surface area contributed by atoms with E-state index in [0.717, 1.165) is 25.2 Å². The van der Waals surface area contributed by atoms with Crippen molar-refractivity contribution in [1.29, 1.82) is 0 Å². The van der Waals surface area contributed by atoms with Crippen LogP contribution < -0.4 is 0 Å². The Morgan fingerprint density at radius 2 is 1.65 bits per heavy atom. The molecule has 0 bridgehead atoms. The third-order valence-electron chi connectivity index (χ3n) is 5.24. The zero-order chi connectivity index (χ0) is 15.2. The highest BCUT2D eigenvalue weighted by Crippen LogP contribution is 2.33. The molecule has 2 atom stereocenters. The van der Waals surface area contributed by atoms with Crippen LogP contribution in [0.2, 0.25) is 0 Å². The minimum atomic E-state index is -0.193. The van der Waals surface area contributed by atoms with Crippen molar-refractivity contribution in [3.8, 4) is 0 Å². The second-order valence-electron chi connectivity index (χ2n) is 7.12. The smallest absolute Gasteiger partial charge is 0.309 e. The number of hydrogen-bond donors (Lipinski definition) is 0. The molecule has 0 radical (unpaired) electrons. The van der Waals surface area contributed by atoms with E-state index < -0.39 is 0 Å². The molecule has 1 fully saturated rings. The molecule has 0 heterocycles. The van der Waals surface area contributed by atoms with Crippen molar-refractivity contribution in [3.05, 3.63) is 0 Å². The van der Waals surface area contributed by atoms with Gasteiger partial charge in [-0.3, -0.25) is 4.79 Å². The molecule has 2 nitrogen and oxygen atoms in total. The van der Waals surface area contributed by atoms with Gasteiger partial charge in [0.1, 0.15) is 5.60 Å². The van der Waals surface area contributed by atoms with E-state index in [2.05, 4.69) is 27.7 Å². The predicted octanol–water partition coefficient (Wildman–Crippen LogP) is 5.35. The van der Waals surface area contributed by atoms with Crippen molar-refractivity contribution in [3.63, 3.8) is 0 Å². The zero-order valence-corrected chi connectivity index (χ0v) is 14.2. The highest BCUT2D eigenvalue weighted by Gasteiger charge is 2.32. The van der Waals surface area contributed by atoms with E-state index in [1.807, 2.05) is 6.92 Å². The molecule has 1 aliphatic rings. The molecule has 1 aliphatic carbocycles. The van der Waals surface area contributed by atoms with Crippen LogP contribution >= 0.6 is 0 Å². The van der Waals surface area contributed by atoms with E-state index in [0.29, 0.717) is 5.92 Å². The summed E-state index contributed by atoms with van der Waals surface area (Å²) >= 11 is 0. The van der Waals surface area contributed by atoms with Gasteiger partial charge < -0.3 is 4.74 Å². The summed E-state index contributed by atoms with van der Waals surface area (Å²) in [7, 11) is 0. The quantitative estimate of drug-likeness (QED) is 0.588. The Hall–Kier alpha value is -0.530. The predicted molar refractivity (Wildman–Crippen MR) is 84.6 cm³/mol. The average molecular weight is 282 g/mol. The summed E-state index contributed by atoms with van der Waals surface area (Å²) in [4.78, 5) is 12.3. The summed E-state index contributed by atoms with van der Waals surface area (Å²) in [5.74, 6) is 1.39. The van der Waals surface area contributed by atoms with Gasteiger partial charge >= 0.3 is 5.97 Å². The van der Waals surface area contributed by atoms with Gasteiger partial charge in [-0.2, -0.15) is 0 Å². The summed E-state index contributed by atoms with van der Waals surface area (Å²) in [6.45, 7) is 10.9. The van der Waals surface area contributed by atoms with Gasteiger partial charge in [0.05, 0.1) is 5.92 Å². The highest BCUT2D eigenvalue weighted by atomic mass is 16.6. The van der Waals surface area contributed by atoms with Crippen molar-refractivity contribution in [2.75, 3.05) is 0 Å². The van der Waals surface area contributed by atoms with Crippen LogP contribution in [0, 0.1) is 17.8 Å². The SMILES string of the molecule is CCC(CC)C(C)CC(C)C(=O)OC1(C)CCCCC1. The lowest BCUT2D eigenvalue weighted by Crippen LogP contribution is -2.36. The van der Waals surface area contributed by atoms with Crippen LogP contribution in [0.4, 0.5) is 0 Å². The molecular formula is C18H34O2. The largest absolute Gasteiger partial charge is 0.459 e. The van der Waals surface area contributed by atoms with Gasteiger partial charge in [0, 0.05) is 0 Å². The minimum Gasteiger partial charge on any atom is -0.459 e. The van der Waals surface area contributed by atoms with Crippen LogP contribution in [0.3, 0.4) is 0 Å². The molecule has 2 unspecified atom stereocenters. The Bertz CT molecular complexity index is 288. The molecule has 0 aliphatic heterocycles. The van der Waals surface area contributed by atoms with E-state index in [-0.39, 0.29) is 17.5 Å². The molecular weight excluding hydrogens is 248 g/mol. The lowest BCUT2D eigenvalue weighted by Gasteiger charge is -2.34. The second kappa shape index (κ2) is 8.05. The fourth-order valence-electron chi connectivity index (χ4n) is 3.68. The molecule has 0 amide bonds. The zero-order valence-electron chi connectivity index (χ0n) is 14.2. The molecule has 0 N–H and O–H groups in total. The topological polar surface area (TPSA) is 26.3 Å². The van der Waals surface area contributed by atoms with E-state index >= 15 is 0 Å². The fraction of sp³-hybridized carbons (Fsp3) is 0.944. The van der Waals surface area contributed by atoms with Gasteiger partial charge in [0.2, 0.25) is 0 Å². The van der Waals surface area contributed by atoms with Gasteiger partial charge in [-0.15, -0.1) is 0 Å². The van der Waals surface area contributed by atoms with E-state index in [1.165, 1.54) is 32.1 Å². The summed E-state index contributed by atoms with van der Waals surface area (Å²) in [6, 6.07) is 0. The van der Waals surface area contributed by atoms with E-state index in [9.17, 15) is 4.79 Å². The molecule has 118 valence electrons. The number of carbonyl (C=O) groups is 1. The lowest BCUT2D eigenvalue weighted by atomic mass is 9.83. The van der Waals surface area contributed by atoms with Crippen molar-refractivity contribution in [1.82, 2.24) is 0 Å². The summed E-state index contributed by atoms with van der Waals surface area (Å²) < 4.78 is 5.85. The Balaban J connectivity index is 2.46. The molecule has 0 spiro atoms. The monoisotopic (exact) mass is 282 g/mol. The normalized spacial score (nSPS) is 21.5. The first-order valence-corrected chi connectivity index (χ1v) is 8.64. The molecule has 0 aromatic rings. The standard InChI is InChI=1S/C18H34O2/c1-6-16(7-2)14(3)13-15(4)17(19)20-18(5)11-9-8-10-12-18/h14-16H,6-13H2,1-5H3. The Morgan fingerprint density at radius 1 is 1.10 bits per heavy atom. The van der Waals surface area contributed by atoms with Gasteiger partial charge in [0.15, 0.2) is 0 Å². The molecule has 1 saturated carbocycles. The van der Waals surface area contributed by atoms with Crippen molar-refractivity contribution in [2.45, 2.75) is 91.6 Å². The Kier molecular flexibility index (Phi) is 7.05. The minimum absolute atomic E-state index is 0.0206. The second-order valence-corrected chi connectivity index (χ2v) is 7.12. The maximum absolute atomic E-state index is 12.3. The summed E-state index contributed by atoms with van der Waals surface area (Å²) in [5.41, 5.74) is -0.193. The van der Waals surface area contributed by atoms with Crippen LogP contribution in [0.5, 0.6) is 0 Å². The lowest BCUT2D eigenvalue weighted by molar-refractivity contribution is -0.166. The first-order valence-electron chi connectivity index (χ1n) is 8.64. The Labute approximate surface area is 125 Å². The van der Waals surface area contributed by atoms with Crippen LogP contribution in [-0.2, 0) is 9.53 Å². The maximum Gasteiger partial charge on any atom is 0.309 e. The molecule has 20 heavy (non-hydrogen) atoms. The van der Waals surface area contributed by atoms with Crippen molar-refractivity contribution < 1.29 is 9.53 Å². The molecule has 1 rings (SSSR count). The molecule has 2 heteroatoms. The number of esters is 1. The van der Waals surface area contributed by atoms with Crippen LogP contribution in [0.25, 0.3) is 0 Å². The van der Waals surface area contributed by atoms with Gasteiger partial charge in [-0.25, -0.2) is 0 Å². The first kappa shape index (κ1) is 17.5. The van der Waals surface area contributed by atoms with Crippen molar-refractivity contribution in [2.24, 2.45) is 17.8 Å². The van der Waals surface area contributed by atoms with Crippen LogP contribution in [0.1, 0.15) is 86.0 Å². The van der Waals surface area contributed by atoms with Gasteiger partial charge in [0.25, 0.3) is 0 Å². The maximum atomic E-state index is 12.3. The first-order chi connectivity index (χ1) is 9.41. The Morgan fingerprint density at radius 3 is 2.15 bits per heavy atom. The summed E-state index contributed by atoms with van der Waals surface area (Å²) in [6.07, 6.45) is 9.12. The number of carbonyl (C=O) groups excluding carboxylic acids is 1. The van der Waals surface area contributed by atoms with Gasteiger partial charge in [-0.05, 0) is 50.9 Å². The third-order valence-corrected chi connectivity index (χ3v) is 5.24. The van der Waals surface area contributed by atoms with Crippen molar-refractivity contribution >= 4 is 5.97 Å². The average Bonchev–Trinajstić information content (AvgIpc) is 2.40. The van der Waals surface area contributed by atoms with E-state index in [1.54, 1.807) is 0 Å². The number of rotatable bonds is 7. The number of hydrogen-bond acceptors (Lipinski definition) is 2. The highest BCUT2D eigenvalue weighted by molar-refractivity contribution is 5.72. The number of ether oxygens (including phenoxy) is 1.